The molecule has 1 aromatic rings. The first-order valence-electron chi connectivity index (χ1n) is 5.43. The van der Waals surface area contributed by atoms with Gasteiger partial charge in [0.1, 0.15) is 5.82 Å². The van der Waals surface area contributed by atoms with Gasteiger partial charge in [0, 0.05) is 11.6 Å². The van der Waals surface area contributed by atoms with E-state index in [0.29, 0.717) is 21.5 Å². The second kappa shape index (κ2) is 4.46. The SMILES string of the molecule is COc1cc(Br)c(F)c(C2(N)CCC2)c1OC. The van der Waals surface area contributed by atoms with Crippen molar-refractivity contribution in [1.82, 2.24) is 0 Å². The van der Waals surface area contributed by atoms with Gasteiger partial charge in [0.2, 0.25) is 0 Å². The molecule has 1 aliphatic rings. The van der Waals surface area contributed by atoms with E-state index < -0.39 is 5.54 Å². The molecule has 17 heavy (non-hydrogen) atoms. The summed E-state index contributed by atoms with van der Waals surface area (Å²) in [6.45, 7) is 0. The Balaban J connectivity index is 2.65. The molecule has 3 nitrogen and oxygen atoms in total. The summed E-state index contributed by atoms with van der Waals surface area (Å²) in [5.74, 6) is 0.535. The number of hydrogen-bond acceptors (Lipinski definition) is 3. The second-order valence-electron chi connectivity index (χ2n) is 4.29. The van der Waals surface area contributed by atoms with Gasteiger partial charge in [-0.25, -0.2) is 4.39 Å². The molecule has 0 saturated heterocycles. The quantitative estimate of drug-likeness (QED) is 0.934. The van der Waals surface area contributed by atoms with E-state index >= 15 is 0 Å². The van der Waals surface area contributed by atoms with Gasteiger partial charge in [-0.3, -0.25) is 0 Å². The van der Waals surface area contributed by atoms with Crippen LogP contribution in [0.5, 0.6) is 11.5 Å². The highest BCUT2D eigenvalue weighted by molar-refractivity contribution is 9.10. The van der Waals surface area contributed by atoms with Gasteiger partial charge in [-0.1, -0.05) is 0 Å². The lowest BCUT2D eigenvalue weighted by Gasteiger charge is -2.39. The van der Waals surface area contributed by atoms with Crippen LogP contribution in [0.25, 0.3) is 0 Å². The lowest BCUT2D eigenvalue weighted by Crippen LogP contribution is -2.44. The minimum absolute atomic E-state index is 0.349. The molecule has 5 heteroatoms. The largest absolute Gasteiger partial charge is 0.493 e. The molecule has 0 bridgehead atoms. The average molecular weight is 304 g/mol. The minimum Gasteiger partial charge on any atom is -0.493 e. The summed E-state index contributed by atoms with van der Waals surface area (Å²) in [7, 11) is 3.02. The van der Waals surface area contributed by atoms with Crippen molar-refractivity contribution >= 4 is 15.9 Å². The van der Waals surface area contributed by atoms with Crippen molar-refractivity contribution in [2.45, 2.75) is 24.8 Å². The van der Waals surface area contributed by atoms with Crippen molar-refractivity contribution < 1.29 is 13.9 Å². The number of ether oxygens (including phenoxy) is 2. The standard InChI is InChI=1S/C12H15BrFNO2/c1-16-8-6-7(13)10(14)9(11(8)17-2)12(15)4-3-5-12/h6H,3-5,15H2,1-2H3. The topological polar surface area (TPSA) is 44.5 Å². The monoisotopic (exact) mass is 303 g/mol. The van der Waals surface area contributed by atoms with Gasteiger partial charge in [0.05, 0.1) is 24.3 Å². The molecule has 0 unspecified atom stereocenters. The molecule has 2 N–H and O–H groups in total. The molecule has 1 aromatic carbocycles. The van der Waals surface area contributed by atoms with Crippen LogP contribution >= 0.6 is 15.9 Å². The van der Waals surface area contributed by atoms with Crippen molar-refractivity contribution in [3.05, 3.63) is 21.9 Å². The maximum atomic E-state index is 14.2. The molecule has 0 aromatic heterocycles. The molecular weight excluding hydrogens is 289 g/mol. The molecule has 1 aliphatic carbocycles. The van der Waals surface area contributed by atoms with Crippen molar-refractivity contribution in [3.8, 4) is 11.5 Å². The molecule has 0 amide bonds. The maximum absolute atomic E-state index is 14.2. The highest BCUT2D eigenvalue weighted by atomic mass is 79.9. The Bertz CT molecular complexity index is 447. The molecule has 1 fully saturated rings. The fourth-order valence-electron chi connectivity index (χ4n) is 2.19. The van der Waals surface area contributed by atoms with E-state index in [9.17, 15) is 4.39 Å². The molecular formula is C12H15BrFNO2. The Labute approximate surface area is 108 Å². The lowest BCUT2D eigenvalue weighted by molar-refractivity contribution is 0.231. The summed E-state index contributed by atoms with van der Waals surface area (Å²) in [5, 5.41) is 0. The first-order valence-corrected chi connectivity index (χ1v) is 6.22. The summed E-state index contributed by atoms with van der Waals surface area (Å²) >= 11 is 3.18. The van der Waals surface area contributed by atoms with Crippen molar-refractivity contribution in [2.75, 3.05) is 14.2 Å². The molecule has 1 saturated carbocycles. The number of hydrogen-bond donors (Lipinski definition) is 1. The van der Waals surface area contributed by atoms with E-state index in [-0.39, 0.29) is 5.82 Å². The van der Waals surface area contributed by atoms with Crippen LogP contribution in [0.2, 0.25) is 0 Å². The lowest BCUT2D eigenvalue weighted by atomic mass is 9.72. The van der Waals surface area contributed by atoms with Crippen LogP contribution in [0.3, 0.4) is 0 Å². The van der Waals surface area contributed by atoms with Gasteiger partial charge in [0.15, 0.2) is 11.5 Å². The minimum atomic E-state index is -0.632. The number of rotatable bonds is 3. The maximum Gasteiger partial charge on any atom is 0.168 e. The molecule has 0 aliphatic heterocycles. The third kappa shape index (κ3) is 1.91. The van der Waals surface area contributed by atoms with E-state index in [0.717, 1.165) is 19.3 Å². The van der Waals surface area contributed by atoms with Crippen LogP contribution < -0.4 is 15.2 Å². The number of methoxy groups -OCH3 is 2. The summed E-state index contributed by atoms with van der Waals surface area (Å²) in [6, 6.07) is 1.56. The Morgan fingerprint density at radius 1 is 1.35 bits per heavy atom. The summed E-state index contributed by atoms with van der Waals surface area (Å²) in [5.41, 5.74) is 5.98. The van der Waals surface area contributed by atoms with Gasteiger partial charge in [-0.05, 0) is 35.2 Å². The summed E-state index contributed by atoms with van der Waals surface area (Å²) < 4.78 is 25.0. The third-order valence-corrected chi connectivity index (χ3v) is 3.88. The molecule has 94 valence electrons. The van der Waals surface area contributed by atoms with E-state index in [2.05, 4.69) is 15.9 Å². The molecule has 2 rings (SSSR count). The van der Waals surface area contributed by atoms with Crippen LogP contribution in [0, 0.1) is 5.82 Å². The van der Waals surface area contributed by atoms with Crippen LogP contribution in [-0.2, 0) is 5.54 Å². The first kappa shape index (κ1) is 12.6. The van der Waals surface area contributed by atoms with Crippen molar-refractivity contribution in [1.29, 1.82) is 0 Å². The van der Waals surface area contributed by atoms with Gasteiger partial charge >= 0.3 is 0 Å². The average Bonchev–Trinajstić information content (AvgIpc) is 2.28. The van der Waals surface area contributed by atoms with E-state index in [1.54, 1.807) is 6.07 Å². The zero-order valence-corrected chi connectivity index (χ0v) is 11.4. The Hall–Kier alpha value is -0.810. The van der Waals surface area contributed by atoms with Crippen LogP contribution in [-0.4, -0.2) is 14.2 Å². The second-order valence-corrected chi connectivity index (χ2v) is 5.15. The van der Waals surface area contributed by atoms with Gasteiger partial charge in [0.25, 0.3) is 0 Å². The molecule has 0 radical (unpaired) electrons. The fourth-order valence-corrected chi connectivity index (χ4v) is 2.60. The Kier molecular flexibility index (Phi) is 3.32. The van der Waals surface area contributed by atoms with Crippen molar-refractivity contribution in [2.24, 2.45) is 5.73 Å². The zero-order chi connectivity index (χ0) is 12.6. The van der Waals surface area contributed by atoms with E-state index in [1.807, 2.05) is 0 Å². The molecule has 0 heterocycles. The predicted octanol–water partition coefficient (Wildman–Crippen LogP) is 2.94. The number of halogens is 2. The smallest absolute Gasteiger partial charge is 0.168 e. The van der Waals surface area contributed by atoms with E-state index in [1.165, 1.54) is 14.2 Å². The van der Waals surface area contributed by atoms with Crippen molar-refractivity contribution in [3.63, 3.8) is 0 Å². The molecule has 0 spiro atoms. The highest BCUT2D eigenvalue weighted by Gasteiger charge is 2.41. The first-order chi connectivity index (χ1) is 8.03. The summed E-state index contributed by atoms with van der Waals surface area (Å²) in [4.78, 5) is 0. The van der Waals surface area contributed by atoms with E-state index in [4.69, 9.17) is 15.2 Å². The zero-order valence-electron chi connectivity index (χ0n) is 9.85. The van der Waals surface area contributed by atoms with Crippen LogP contribution in [0.15, 0.2) is 10.5 Å². The molecule has 0 atom stereocenters. The fraction of sp³-hybridized carbons (Fsp3) is 0.500. The van der Waals surface area contributed by atoms with Gasteiger partial charge < -0.3 is 15.2 Å². The van der Waals surface area contributed by atoms with Gasteiger partial charge in [-0.2, -0.15) is 0 Å². The Morgan fingerprint density at radius 3 is 2.41 bits per heavy atom. The van der Waals surface area contributed by atoms with Crippen LogP contribution in [0.1, 0.15) is 24.8 Å². The summed E-state index contributed by atoms with van der Waals surface area (Å²) in [6.07, 6.45) is 2.54. The number of nitrogens with two attached hydrogens (primary N) is 1. The normalized spacial score (nSPS) is 17.5. The Morgan fingerprint density at radius 2 is 2.00 bits per heavy atom. The third-order valence-electron chi connectivity index (χ3n) is 3.31. The van der Waals surface area contributed by atoms with Gasteiger partial charge in [-0.15, -0.1) is 0 Å². The highest BCUT2D eigenvalue weighted by Crippen LogP contribution is 2.48. The van der Waals surface area contributed by atoms with Crippen LogP contribution in [0.4, 0.5) is 4.39 Å². The number of benzene rings is 1. The predicted molar refractivity (Wildman–Crippen MR) is 66.9 cm³/mol.